The Morgan fingerprint density at radius 2 is 1.71 bits per heavy atom. The fourth-order valence-corrected chi connectivity index (χ4v) is 2.70. The molecule has 1 aliphatic carbocycles. The van der Waals surface area contributed by atoms with Crippen LogP contribution in [-0.2, 0) is 4.74 Å². The van der Waals surface area contributed by atoms with Crippen LogP contribution in [0.2, 0.25) is 0 Å². The maximum Gasteiger partial charge on any atom is 0.0580 e. The summed E-state index contributed by atoms with van der Waals surface area (Å²) in [4.78, 5) is 0. The van der Waals surface area contributed by atoms with E-state index in [2.05, 4.69) is 26.5 Å². The summed E-state index contributed by atoms with van der Waals surface area (Å²) in [7, 11) is 0. The van der Waals surface area contributed by atoms with Crippen LogP contribution in [0.1, 0.15) is 46.0 Å². The van der Waals surface area contributed by atoms with Gasteiger partial charge < -0.3 is 4.74 Å². The van der Waals surface area contributed by atoms with E-state index < -0.39 is 0 Å². The molecule has 0 radical (unpaired) electrons. The molecular weight excluding hydrogens is 192 g/mol. The predicted molar refractivity (Wildman–Crippen MR) is 65.0 cm³/mol. The van der Waals surface area contributed by atoms with E-state index in [4.69, 9.17) is 4.74 Å². The molecule has 1 aliphatic rings. The zero-order chi connectivity index (χ0) is 10.4. The van der Waals surface area contributed by atoms with E-state index in [9.17, 15) is 0 Å². The van der Waals surface area contributed by atoms with E-state index in [-0.39, 0.29) is 0 Å². The van der Waals surface area contributed by atoms with Crippen LogP contribution >= 0.6 is 12.6 Å². The molecule has 0 aromatic rings. The van der Waals surface area contributed by atoms with Crippen molar-refractivity contribution in [2.24, 2.45) is 11.8 Å². The molecule has 2 atom stereocenters. The lowest BCUT2D eigenvalue weighted by molar-refractivity contribution is -0.0000361. The van der Waals surface area contributed by atoms with E-state index in [1.807, 2.05) is 0 Å². The fourth-order valence-electron chi connectivity index (χ4n) is 2.47. The van der Waals surface area contributed by atoms with Crippen LogP contribution in [-0.4, -0.2) is 18.5 Å². The Bertz CT molecular complexity index is 139. The summed E-state index contributed by atoms with van der Waals surface area (Å²) in [6.45, 7) is 5.63. The molecule has 1 saturated carbocycles. The second-order valence-electron chi connectivity index (χ2n) is 4.84. The minimum Gasteiger partial charge on any atom is -0.378 e. The number of unbranched alkanes of at least 4 members (excludes halogenated alkanes) is 1. The Kier molecular flexibility index (Phi) is 5.95. The number of rotatable bonds is 5. The number of hydrogen-bond donors (Lipinski definition) is 1. The minimum atomic E-state index is 0.536. The van der Waals surface area contributed by atoms with Crippen molar-refractivity contribution in [1.29, 1.82) is 0 Å². The molecule has 1 fully saturated rings. The molecule has 14 heavy (non-hydrogen) atoms. The highest BCUT2D eigenvalue weighted by atomic mass is 32.1. The van der Waals surface area contributed by atoms with Gasteiger partial charge >= 0.3 is 0 Å². The smallest absolute Gasteiger partial charge is 0.0580 e. The summed E-state index contributed by atoms with van der Waals surface area (Å²) in [5.41, 5.74) is 0. The molecule has 0 bridgehead atoms. The molecule has 2 heteroatoms. The molecule has 0 spiro atoms. The molecule has 0 N–H and O–H groups in total. The predicted octanol–water partition coefficient (Wildman–Crippen LogP) is 3.54. The van der Waals surface area contributed by atoms with Crippen LogP contribution in [0.3, 0.4) is 0 Å². The van der Waals surface area contributed by atoms with Crippen molar-refractivity contribution in [2.45, 2.75) is 52.1 Å². The number of thiol groups is 1. The van der Waals surface area contributed by atoms with Crippen LogP contribution in [0.5, 0.6) is 0 Å². The monoisotopic (exact) mass is 216 g/mol. The van der Waals surface area contributed by atoms with Gasteiger partial charge in [-0.3, -0.25) is 0 Å². The van der Waals surface area contributed by atoms with Gasteiger partial charge in [-0.2, -0.15) is 12.6 Å². The highest BCUT2D eigenvalue weighted by molar-refractivity contribution is 7.80. The molecule has 1 rings (SSSR count). The Hall–Kier alpha value is 0.310. The molecule has 0 heterocycles. The van der Waals surface area contributed by atoms with E-state index >= 15 is 0 Å². The normalized spacial score (nSPS) is 33.2. The molecule has 0 saturated heterocycles. The van der Waals surface area contributed by atoms with E-state index in [0.29, 0.717) is 6.10 Å². The standard InChI is InChI=1S/C12H24OS/c1-10-7-11(2)9-12(8-10)13-5-3-4-6-14/h10-12,14H,3-9H2,1-2H3. The van der Waals surface area contributed by atoms with Gasteiger partial charge in [-0.25, -0.2) is 0 Å². The Morgan fingerprint density at radius 3 is 2.29 bits per heavy atom. The van der Waals surface area contributed by atoms with Crippen LogP contribution < -0.4 is 0 Å². The minimum absolute atomic E-state index is 0.536. The molecule has 0 aromatic carbocycles. The van der Waals surface area contributed by atoms with Crippen molar-refractivity contribution in [1.82, 2.24) is 0 Å². The molecule has 0 aliphatic heterocycles. The first-order chi connectivity index (χ1) is 6.72. The Labute approximate surface area is 94.0 Å². The van der Waals surface area contributed by atoms with Crippen molar-refractivity contribution < 1.29 is 4.74 Å². The topological polar surface area (TPSA) is 9.23 Å². The maximum absolute atomic E-state index is 5.89. The second kappa shape index (κ2) is 6.73. The van der Waals surface area contributed by atoms with E-state index in [1.54, 1.807) is 0 Å². The van der Waals surface area contributed by atoms with Crippen molar-refractivity contribution in [3.8, 4) is 0 Å². The zero-order valence-electron chi connectivity index (χ0n) is 9.54. The summed E-state index contributed by atoms with van der Waals surface area (Å²) < 4.78 is 5.89. The van der Waals surface area contributed by atoms with E-state index in [1.165, 1.54) is 32.1 Å². The first-order valence-electron chi connectivity index (χ1n) is 5.94. The average Bonchev–Trinajstić information content (AvgIpc) is 2.11. The SMILES string of the molecule is CC1CC(C)CC(OCCCCS)C1. The summed E-state index contributed by atoms with van der Waals surface area (Å²) in [5, 5.41) is 0. The summed E-state index contributed by atoms with van der Waals surface area (Å²) in [6.07, 6.45) is 6.81. The highest BCUT2D eigenvalue weighted by Crippen LogP contribution is 2.30. The fraction of sp³-hybridized carbons (Fsp3) is 1.00. The van der Waals surface area contributed by atoms with Gasteiger partial charge in [-0.1, -0.05) is 13.8 Å². The molecule has 84 valence electrons. The first-order valence-corrected chi connectivity index (χ1v) is 6.58. The van der Waals surface area contributed by atoms with Gasteiger partial charge in [0, 0.05) is 6.61 Å². The van der Waals surface area contributed by atoms with Gasteiger partial charge in [0.1, 0.15) is 0 Å². The van der Waals surface area contributed by atoms with Gasteiger partial charge in [0.25, 0.3) is 0 Å². The molecule has 0 aromatic heterocycles. The largest absolute Gasteiger partial charge is 0.378 e. The first kappa shape index (κ1) is 12.4. The second-order valence-corrected chi connectivity index (χ2v) is 5.29. The lowest BCUT2D eigenvalue weighted by Crippen LogP contribution is -2.26. The van der Waals surface area contributed by atoms with E-state index in [0.717, 1.165) is 24.2 Å². The van der Waals surface area contributed by atoms with Crippen LogP contribution in [0.25, 0.3) is 0 Å². The molecular formula is C12H24OS. The molecule has 0 amide bonds. The molecule has 2 unspecified atom stereocenters. The third-order valence-electron chi connectivity index (χ3n) is 3.04. The Balaban J connectivity index is 2.10. The maximum atomic E-state index is 5.89. The van der Waals surface area contributed by atoms with Crippen molar-refractivity contribution >= 4 is 12.6 Å². The summed E-state index contributed by atoms with van der Waals surface area (Å²) in [6, 6.07) is 0. The summed E-state index contributed by atoms with van der Waals surface area (Å²) >= 11 is 4.19. The van der Waals surface area contributed by atoms with Gasteiger partial charge in [-0.15, -0.1) is 0 Å². The van der Waals surface area contributed by atoms with Crippen LogP contribution in [0.4, 0.5) is 0 Å². The van der Waals surface area contributed by atoms with Gasteiger partial charge in [0.15, 0.2) is 0 Å². The molecule has 1 nitrogen and oxygen atoms in total. The van der Waals surface area contributed by atoms with Gasteiger partial charge in [-0.05, 0) is 49.7 Å². The van der Waals surface area contributed by atoms with Crippen molar-refractivity contribution in [2.75, 3.05) is 12.4 Å². The van der Waals surface area contributed by atoms with Crippen LogP contribution in [0, 0.1) is 11.8 Å². The number of hydrogen-bond acceptors (Lipinski definition) is 2. The van der Waals surface area contributed by atoms with Gasteiger partial charge in [0.05, 0.1) is 6.10 Å². The van der Waals surface area contributed by atoms with Crippen molar-refractivity contribution in [3.63, 3.8) is 0 Å². The average molecular weight is 216 g/mol. The highest BCUT2D eigenvalue weighted by Gasteiger charge is 2.23. The van der Waals surface area contributed by atoms with Crippen molar-refractivity contribution in [3.05, 3.63) is 0 Å². The van der Waals surface area contributed by atoms with Crippen LogP contribution in [0.15, 0.2) is 0 Å². The summed E-state index contributed by atoms with van der Waals surface area (Å²) in [5.74, 6) is 2.70. The van der Waals surface area contributed by atoms with Gasteiger partial charge in [0.2, 0.25) is 0 Å². The lowest BCUT2D eigenvalue weighted by atomic mass is 9.82. The lowest BCUT2D eigenvalue weighted by Gasteiger charge is -2.31. The number of ether oxygens (including phenoxy) is 1. The quantitative estimate of drug-likeness (QED) is 0.546. The Morgan fingerprint density at radius 1 is 1.07 bits per heavy atom. The third-order valence-corrected chi connectivity index (χ3v) is 3.36. The third kappa shape index (κ3) is 4.70. The zero-order valence-corrected chi connectivity index (χ0v) is 10.4.